The van der Waals surface area contributed by atoms with Gasteiger partial charge in [0.1, 0.15) is 11.6 Å². The zero-order valence-corrected chi connectivity index (χ0v) is 19.0. The molecule has 1 fully saturated rings. The number of aromatic amines is 1. The summed E-state index contributed by atoms with van der Waals surface area (Å²) >= 11 is 0. The van der Waals surface area contributed by atoms with E-state index in [2.05, 4.69) is 15.2 Å². The van der Waals surface area contributed by atoms with Crippen molar-refractivity contribution in [2.45, 2.75) is 45.1 Å². The third-order valence-corrected chi connectivity index (χ3v) is 6.70. The van der Waals surface area contributed by atoms with E-state index in [1.807, 2.05) is 17.9 Å². The fraction of sp³-hybridized carbons (Fsp3) is 0.375. The molecule has 0 atom stereocenters. The number of H-pyrrole nitrogens is 1. The monoisotopic (exact) mass is 488 g/mol. The van der Waals surface area contributed by atoms with Gasteiger partial charge < -0.3 is 9.80 Å². The summed E-state index contributed by atoms with van der Waals surface area (Å²) in [6.45, 7) is 2.95. The van der Waals surface area contributed by atoms with Gasteiger partial charge in [-0.25, -0.2) is 9.18 Å². The largest absolute Gasteiger partial charge is 0.418 e. The molecular weight excluding hydrogens is 464 g/mol. The van der Waals surface area contributed by atoms with Crippen LogP contribution in [0.3, 0.4) is 0 Å². The lowest BCUT2D eigenvalue weighted by Crippen LogP contribution is -2.54. The molecule has 2 aliphatic heterocycles. The minimum Gasteiger partial charge on any atom is -0.369 e. The SMILES string of the molecule is Cc1cccc(F)c1N1CCC(N2Cc3cn[nH]c3N(Cc3ncccc3C(F)(F)F)C2=O)CC1. The Morgan fingerprint density at radius 3 is 2.63 bits per heavy atom. The number of amides is 2. The summed E-state index contributed by atoms with van der Waals surface area (Å²) in [5.74, 6) is 0.104. The number of nitrogens with one attached hydrogen (secondary N) is 1. The fourth-order valence-electron chi connectivity index (χ4n) is 4.98. The van der Waals surface area contributed by atoms with Gasteiger partial charge in [-0.15, -0.1) is 0 Å². The molecule has 184 valence electrons. The lowest BCUT2D eigenvalue weighted by molar-refractivity contribution is -0.138. The van der Waals surface area contributed by atoms with Crippen LogP contribution in [0.1, 0.15) is 35.2 Å². The zero-order valence-electron chi connectivity index (χ0n) is 19.0. The number of carbonyl (C=O) groups excluding carboxylic acids is 1. The molecule has 1 saturated heterocycles. The van der Waals surface area contributed by atoms with E-state index in [0.717, 1.165) is 17.2 Å². The minimum atomic E-state index is -4.59. The van der Waals surface area contributed by atoms with Gasteiger partial charge in [-0.1, -0.05) is 12.1 Å². The summed E-state index contributed by atoms with van der Waals surface area (Å²) in [6, 6.07) is 6.63. The van der Waals surface area contributed by atoms with Crippen LogP contribution in [0.4, 0.5) is 33.9 Å². The van der Waals surface area contributed by atoms with Crippen molar-refractivity contribution in [3.8, 4) is 0 Å². The predicted molar refractivity (Wildman–Crippen MR) is 121 cm³/mol. The van der Waals surface area contributed by atoms with E-state index in [9.17, 15) is 22.4 Å². The number of fused-ring (bicyclic) bond motifs is 1. The van der Waals surface area contributed by atoms with Gasteiger partial charge in [0.05, 0.1) is 36.2 Å². The standard InChI is InChI=1S/C24H24F4N6O/c1-15-4-2-6-19(25)21(15)32-10-7-17(8-11-32)33-13-16-12-30-31-22(16)34(23(33)35)14-20-18(24(26,27)28)5-3-9-29-20/h2-6,9,12,17H,7-8,10-11,13-14H2,1H3,(H,30,31). The number of para-hydroxylation sites is 1. The smallest absolute Gasteiger partial charge is 0.369 e. The maximum absolute atomic E-state index is 14.4. The molecule has 1 aromatic carbocycles. The fourth-order valence-corrected chi connectivity index (χ4v) is 4.98. The molecule has 2 aliphatic rings. The second kappa shape index (κ2) is 8.86. The van der Waals surface area contributed by atoms with E-state index in [1.54, 1.807) is 17.2 Å². The highest BCUT2D eigenvalue weighted by atomic mass is 19.4. The van der Waals surface area contributed by atoms with Crippen molar-refractivity contribution in [1.29, 1.82) is 0 Å². The second-order valence-electron chi connectivity index (χ2n) is 8.86. The summed E-state index contributed by atoms with van der Waals surface area (Å²) in [7, 11) is 0. The lowest BCUT2D eigenvalue weighted by atomic mass is 10.00. The number of rotatable bonds is 4. The number of benzene rings is 1. The Kier molecular flexibility index (Phi) is 5.86. The van der Waals surface area contributed by atoms with Crippen LogP contribution in [0.5, 0.6) is 0 Å². The van der Waals surface area contributed by atoms with Crippen molar-refractivity contribution in [1.82, 2.24) is 20.1 Å². The lowest BCUT2D eigenvalue weighted by Gasteiger charge is -2.43. The average molecular weight is 488 g/mol. The first-order chi connectivity index (χ1) is 16.7. The van der Waals surface area contributed by atoms with Gasteiger partial charge in [0.2, 0.25) is 0 Å². The number of alkyl halides is 3. The summed E-state index contributed by atoms with van der Waals surface area (Å²) in [5, 5.41) is 6.76. The van der Waals surface area contributed by atoms with Gasteiger partial charge in [-0.2, -0.15) is 18.3 Å². The van der Waals surface area contributed by atoms with Crippen LogP contribution >= 0.6 is 0 Å². The van der Waals surface area contributed by atoms with Crippen LogP contribution in [0.25, 0.3) is 0 Å². The van der Waals surface area contributed by atoms with Crippen molar-refractivity contribution in [3.05, 3.63) is 70.9 Å². The normalized spacial score (nSPS) is 17.2. The van der Waals surface area contributed by atoms with Gasteiger partial charge in [0.25, 0.3) is 0 Å². The maximum Gasteiger partial charge on any atom is 0.418 e. The molecule has 4 heterocycles. The van der Waals surface area contributed by atoms with Gasteiger partial charge in [0.15, 0.2) is 0 Å². The number of urea groups is 1. The topological polar surface area (TPSA) is 68.4 Å². The average Bonchev–Trinajstić information content (AvgIpc) is 3.29. The molecule has 11 heteroatoms. The van der Waals surface area contributed by atoms with Crippen LogP contribution in [0.2, 0.25) is 0 Å². The number of carbonyl (C=O) groups is 1. The number of aromatic nitrogens is 3. The molecule has 0 unspecified atom stereocenters. The number of anilines is 2. The Balaban J connectivity index is 1.37. The number of hydrogen-bond acceptors (Lipinski definition) is 4. The van der Waals surface area contributed by atoms with Crippen LogP contribution in [-0.2, 0) is 19.3 Å². The van der Waals surface area contributed by atoms with E-state index in [1.165, 1.54) is 23.2 Å². The Labute approximate surface area is 199 Å². The number of halogens is 4. The molecule has 1 N–H and O–H groups in total. The van der Waals surface area contributed by atoms with E-state index in [4.69, 9.17) is 0 Å². The van der Waals surface area contributed by atoms with Crippen LogP contribution < -0.4 is 9.80 Å². The molecule has 5 rings (SSSR count). The zero-order chi connectivity index (χ0) is 24.7. The molecule has 0 radical (unpaired) electrons. The first-order valence-corrected chi connectivity index (χ1v) is 11.4. The Bertz CT molecular complexity index is 1210. The summed E-state index contributed by atoms with van der Waals surface area (Å²) in [6.07, 6.45) is -0.500. The van der Waals surface area contributed by atoms with Crippen molar-refractivity contribution >= 4 is 17.5 Å². The molecule has 2 amide bonds. The molecule has 35 heavy (non-hydrogen) atoms. The van der Waals surface area contributed by atoms with Crippen molar-refractivity contribution in [2.24, 2.45) is 0 Å². The first-order valence-electron chi connectivity index (χ1n) is 11.4. The number of piperidine rings is 1. The predicted octanol–water partition coefficient (Wildman–Crippen LogP) is 4.88. The Hall–Kier alpha value is -3.63. The van der Waals surface area contributed by atoms with E-state index < -0.39 is 17.8 Å². The van der Waals surface area contributed by atoms with E-state index in [-0.39, 0.29) is 24.1 Å². The van der Waals surface area contributed by atoms with Crippen molar-refractivity contribution in [2.75, 3.05) is 22.9 Å². The molecule has 0 bridgehead atoms. The van der Waals surface area contributed by atoms with Gasteiger partial charge in [-0.05, 0) is 43.5 Å². The minimum absolute atomic E-state index is 0.137. The maximum atomic E-state index is 14.4. The first kappa shape index (κ1) is 23.1. The third-order valence-electron chi connectivity index (χ3n) is 6.70. The van der Waals surface area contributed by atoms with E-state index in [0.29, 0.717) is 44.0 Å². The van der Waals surface area contributed by atoms with Gasteiger partial charge in [-0.3, -0.25) is 15.0 Å². The van der Waals surface area contributed by atoms with Crippen LogP contribution in [-0.4, -0.2) is 45.2 Å². The Morgan fingerprint density at radius 2 is 1.91 bits per heavy atom. The summed E-state index contributed by atoms with van der Waals surface area (Å²) < 4.78 is 55.0. The molecular formula is C24H24F4N6O. The molecule has 7 nitrogen and oxygen atoms in total. The summed E-state index contributed by atoms with van der Waals surface area (Å²) in [4.78, 5) is 22.4. The molecule has 2 aromatic heterocycles. The molecule has 3 aromatic rings. The van der Waals surface area contributed by atoms with Gasteiger partial charge >= 0.3 is 12.2 Å². The summed E-state index contributed by atoms with van der Waals surface area (Å²) in [5.41, 5.74) is 1.04. The van der Waals surface area contributed by atoms with Crippen LogP contribution in [0.15, 0.2) is 42.7 Å². The Morgan fingerprint density at radius 1 is 1.14 bits per heavy atom. The van der Waals surface area contributed by atoms with Crippen molar-refractivity contribution < 1.29 is 22.4 Å². The van der Waals surface area contributed by atoms with Crippen molar-refractivity contribution in [3.63, 3.8) is 0 Å². The third kappa shape index (κ3) is 4.30. The van der Waals surface area contributed by atoms with Crippen LogP contribution in [0, 0.1) is 12.7 Å². The highest BCUT2D eigenvalue weighted by Crippen LogP contribution is 2.36. The number of aryl methyl sites for hydroxylation is 1. The molecule has 0 aliphatic carbocycles. The van der Waals surface area contributed by atoms with E-state index >= 15 is 0 Å². The number of nitrogens with zero attached hydrogens (tertiary/aromatic N) is 5. The highest BCUT2D eigenvalue weighted by Gasteiger charge is 2.40. The quantitative estimate of drug-likeness (QED) is 0.532. The number of pyridine rings is 1. The second-order valence-corrected chi connectivity index (χ2v) is 8.86. The highest BCUT2D eigenvalue weighted by molar-refractivity contribution is 5.93. The number of hydrogen-bond donors (Lipinski definition) is 1. The van der Waals surface area contributed by atoms with Gasteiger partial charge in [0, 0.05) is 30.9 Å². The molecule has 0 saturated carbocycles. The molecule has 0 spiro atoms.